The van der Waals surface area contributed by atoms with Gasteiger partial charge in [0.1, 0.15) is 4.34 Å². The van der Waals surface area contributed by atoms with E-state index in [1.807, 2.05) is 17.6 Å². The average Bonchev–Trinajstić information content (AvgIpc) is 2.97. The van der Waals surface area contributed by atoms with Crippen LogP contribution in [0.1, 0.15) is 16.9 Å². The Morgan fingerprint density at radius 3 is 3.06 bits per heavy atom. The lowest BCUT2D eigenvalue weighted by molar-refractivity contribution is 0.305. The zero-order valence-electron chi connectivity index (χ0n) is 9.05. The molecule has 1 N–H and O–H groups in total. The van der Waals surface area contributed by atoms with Gasteiger partial charge in [-0.05, 0) is 11.4 Å². The van der Waals surface area contributed by atoms with Crippen LogP contribution in [0, 0.1) is 11.8 Å². The molecule has 0 aromatic carbocycles. The molecule has 88 valence electrons. The highest BCUT2D eigenvalue weighted by atomic mass is 32.2. The summed E-state index contributed by atoms with van der Waals surface area (Å²) in [5.41, 5.74) is 1.08. The molecule has 0 aliphatic rings. The van der Waals surface area contributed by atoms with Crippen molar-refractivity contribution >= 4 is 34.4 Å². The molecule has 17 heavy (non-hydrogen) atoms. The Balaban J connectivity index is 1.97. The van der Waals surface area contributed by atoms with E-state index in [4.69, 9.17) is 5.11 Å². The smallest absolute Gasteiger partial charge is 0.150 e. The largest absolute Gasteiger partial charge is 0.395 e. The van der Waals surface area contributed by atoms with Crippen LogP contribution in [0.2, 0.25) is 0 Å². The maximum Gasteiger partial charge on any atom is 0.150 e. The maximum absolute atomic E-state index is 8.68. The number of aliphatic hydroxyl groups is 1. The number of nitrogens with zero attached hydrogens (tertiary/aromatic N) is 1. The Morgan fingerprint density at radius 2 is 2.29 bits per heavy atom. The monoisotopic (exact) mass is 281 g/mol. The van der Waals surface area contributed by atoms with Crippen molar-refractivity contribution in [3.8, 4) is 11.8 Å². The molecule has 0 spiro atoms. The van der Waals surface area contributed by atoms with Crippen LogP contribution in [0.25, 0.3) is 0 Å². The van der Waals surface area contributed by atoms with Crippen molar-refractivity contribution in [1.29, 1.82) is 0 Å². The molecule has 0 aliphatic heterocycles. The normalized spacial score (nSPS) is 9.94. The fraction of sp³-hybridized carbons (Fsp3) is 0.250. The lowest BCUT2D eigenvalue weighted by Gasteiger charge is -1.96. The van der Waals surface area contributed by atoms with Gasteiger partial charge in [-0.25, -0.2) is 4.98 Å². The fourth-order valence-electron chi connectivity index (χ4n) is 1.19. The van der Waals surface area contributed by atoms with Crippen molar-refractivity contribution in [3.63, 3.8) is 0 Å². The van der Waals surface area contributed by atoms with Gasteiger partial charge in [-0.15, -0.1) is 22.7 Å². The van der Waals surface area contributed by atoms with Crippen molar-refractivity contribution in [2.24, 2.45) is 0 Å². The third kappa shape index (κ3) is 3.86. The van der Waals surface area contributed by atoms with Crippen LogP contribution < -0.4 is 0 Å². The second kappa shape index (κ2) is 6.82. The van der Waals surface area contributed by atoms with E-state index >= 15 is 0 Å². The van der Waals surface area contributed by atoms with Gasteiger partial charge in [-0.2, -0.15) is 0 Å². The van der Waals surface area contributed by atoms with Crippen molar-refractivity contribution in [3.05, 3.63) is 33.5 Å². The quantitative estimate of drug-likeness (QED) is 0.690. The molecule has 2 rings (SSSR count). The number of thiazole rings is 1. The third-order valence-corrected chi connectivity index (χ3v) is 5.04. The minimum Gasteiger partial charge on any atom is -0.395 e. The van der Waals surface area contributed by atoms with Crippen LogP contribution >= 0.6 is 34.4 Å². The van der Waals surface area contributed by atoms with Crippen molar-refractivity contribution in [2.45, 2.75) is 16.5 Å². The molecule has 0 bridgehead atoms. The number of rotatable bonds is 4. The molecule has 5 heteroatoms. The summed E-state index contributed by atoms with van der Waals surface area (Å²) in [7, 11) is 0. The first kappa shape index (κ1) is 12.7. The van der Waals surface area contributed by atoms with Crippen molar-refractivity contribution in [1.82, 2.24) is 4.98 Å². The lowest BCUT2D eigenvalue weighted by Crippen LogP contribution is -1.81. The minimum atomic E-state index is 0.125. The molecule has 0 saturated heterocycles. The Hall–Kier alpha value is -0.800. The Labute approximate surface area is 113 Å². The van der Waals surface area contributed by atoms with Crippen LogP contribution in [0.5, 0.6) is 0 Å². The van der Waals surface area contributed by atoms with Crippen LogP contribution in [0.15, 0.2) is 27.4 Å². The van der Waals surface area contributed by atoms with Gasteiger partial charge in [0.25, 0.3) is 0 Å². The van der Waals surface area contributed by atoms with Gasteiger partial charge in [0, 0.05) is 34.2 Å². The maximum atomic E-state index is 8.68. The molecule has 2 aromatic rings. The van der Waals surface area contributed by atoms with E-state index in [0.717, 1.165) is 15.7 Å². The predicted octanol–water partition coefficient (Wildman–Crippen LogP) is 3.23. The SMILES string of the molecule is OCCC#Cc1ccsc1CSc1nccs1. The van der Waals surface area contributed by atoms with Crippen LogP contribution in [-0.2, 0) is 5.75 Å². The summed E-state index contributed by atoms with van der Waals surface area (Å²) in [5.74, 6) is 6.96. The number of aliphatic hydroxyl groups excluding tert-OH is 1. The van der Waals surface area contributed by atoms with E-state index in [1.165, 1.54) is 4.88 Å². The fourth-order valence-corrected chi connectivity index (χ4v) is 3.77. The van der Waals surface area contributed by atoms with Crippen LogP contribution in [0.4, 0.5) is 0 Å². The van der Waals surface area contributed by atoms with Gasteiger partial charge >= 0.3 is 0 Å². The number of thiophene rings is 1. The summed E-state index contributed by atoms with van der Waals surface area (Å²) in [6.45, 7) is 0.125. The summed E-state index contributed by atoms with van der Waals surface area (Å²) >= 11 is 5.12. The lowest BCUT2D eigenvalue weighted by atomic mass is 10.2. The molecular weight excluding hydrogens is 270 g/mol. The van der Waals surface area contributed by atoms with Crippen molar-refractivity contribution < 1.29 is 5.11 Å². The highest BCUT2D eigenvalue weighted by Crippen LogP contribution is 2.28. The standard InChI is InChI=1S/C12H11NOS3/c14-6-2-1-3-10-4-7-15-11(10)9-17-12-13-5-8-16-12/h4-5,7-8,14H,2,6,9H2. The Kier molecular flexibility index (Phi) is 5.08. The first-order valence-corrected chi connectivity index (χ1v) is 7.83. The zero-order valence-corrected chi connectivity index (χ0v) is 11.5. The molecule has 2 nitrogen and oxygen atoms in total. The summed E-state index contributed by atoms with van der Waals surface area (Å²) in [6, 6.07) is 2.03. The highest BCUT2D eigenvalue weighted by molar-refractivity contribution is 8.00. The third-order valence-electron chi connectivity index (χ3n) is 1.94. The molecule has 2 heterocycles. The molecule has 0 radical (unpaired) electrons. The first-order valence-electron chi connectivity index (χ1n) is 5.08. The molecule has 0 aliphatic carbocycles. The van der Waals surface area contributed by atoms with E-state index < -0.39 is 0 Å². The summed E-state index contributed by atoms with van der Waals surface area (Å²) < 4.78 is 1.09. The summed E-state index contributed by atoms with van der Waals surface area (Å²) in [5, 5.41) is 12.7. The molecule has 0 atom stereocenters. The number of aromatic nitrogens is 1. The van der Waals surface area contributed by atoms with Gasteiger partial charge in [0.2, 0.25) is 0 Å². The Morgan fingerprint density at radius 1 is 1.35 bits per heavy atom. The van der Waals surface area contributed by atoms with E-state index in [1.54, 1.807) is 34.4 Å². The topological polar surface area (TPSA) is 33.1 Å². The number of hydrogen-bond acceptors (Lipinski definition) is 5. The van der Waals surface area contributed by atoms with E-state index in [0.29, 0.717) is 6.42 Å². The van der Waals surface area contributed by atoms with Gasteiger partial charge in [0.15, 0.2) is 0 Å². The molecule has 0 unspecified atom stereocenters. The minimum absolute atomic E-state index is 0.125. The average molecular weight is 281 g/mol. The zero-order chi connectivity index (χ0) is 11.9. The highest BCUT2D eigenvalue weighted by Gasteiger charge is 2.04. The van der Waals surface area contributed by atoms with E-state index in [9.17, 15) is 0 Å². The van der Waals surface area contributed by atoms with Gasteiger partial charge in [-0.3, -0.25) is 0 Å². The molecule has 0 amide bonds. The van der Waals surface area contributed by atoms with Crippen LogP contribution in [0.3, 0.4) is 0 Å². The Bertz CT molecular complexity index is 507. The van der Waals surface area contributed by atoms with E-state index in [-0.39, 0.29) is 6.61 Å². The van der Waals surface area contributed by atoms with Crippen LogP contribution in [-0.4, -0.2) is 16.7 Å². The van der Waals surface area contributed by atoms with Gasteiger partial charge < -0.3 is 5.11 Å². The van der Waals surface area contributed by atoms with E-state index in [2.05, 4.69) is 22.2 Å². The molecule has 0 saturated carbocycles. The molecular formula is C12H11NOS3. The molecule has 2 aromatic heterocycles. The predicted molar refractivity (Wildman–Crippen MR) is 74.6 cm³/mol. The first-order chi connectivity index (χ1) is 8.40. The van der Waals surface area contributed by atoms with Gasteiger partial charge in [-0.1, -0.05) is 23.6 Å². The summed E-state index contributed by atoms with van der Waals surface area (Å²) in [6.07, 6.45) is 2.36. The van der Waals surface area contributed by atoms with Gasteiger partial charge in [0.05, 0.1) is 6.61 Å². The molecule has 0 fully saturated rings. The van der Waals surface area contributed by atoms with Crippen molar-refractivity contribution in [2.75, 3.05) is 6.61 Å². The second-order valence-electron chi connectivity index (χ2n) is 3.12. The number of thioether (sulfide) groups is 1. The second-order valence-corrected chi connectivity index (χ2v) is 6.24. The summed E-state index contributed by atoms with van der Waals surface area (Å²) in [4.78, 5) is 5.51. The number of hydrogen-bond donors (Lipinski definition) is 1.